The van der Waals surface area contributed by atoms with Crippen LogP contribution in [-0.4, -0.2) is 66.8 Å². The normalized spacial score (nSPS) is 14.1. The van der Waals surface area contributed by atoms with Crippen molar-refractivity contribution < 1.29 is 14.4 Å². The van der Waals surface area contributed by atoms with Gasteiger partial charge in [-0.15, -0.1) is 0 Å². The van der Waals surface area contributed by atoms with Gasteiger partial charge >= 0.3 is 0 Å². The summed E-state index contributed by atoms with van der Waals surface area (Å²) in [5.74, 6) is 0.0797. The zero-order chi connectivity index (χ0) is 19.8. The monoisotopic (exact) mass is 374 g/mol. The Labute approximate surface area is 161 Å². The number of benzene rings is 1. The van der Waals surface area contributed by atoms with Crippen molar-refractivity contribution in [3.63, 3.8) is 0 Å². The minimum absolute atomic E-state index is 0.0880. The van der Waals surface area contributed by atoms with Gasteiger partial charge in [0, 0.05) is 63.9 Å². The molecule has 7 nitrogen and oxygen atoms in total. The molecule has 0 bridgehead atoms. The van der Waals surface area contributed by atoms with Gasteiger partial charge < -0.3 is 20.4 Å². The lowest BCUT2D eigenvalue weighted by Crippen LogP contribution is -2.47. The van der Waals surface area contributed by atoms with Crippen LogP contribution in [0.3, 0.4) is 0 Å². The van der Waals surface area contributed by atoms with Gasteiger partial charge in [0.2, 0.25) is 11.8 Å². The fraction of sp³-hybridized carbons (Fsp3) is 0.550. The number of carbonyl (C=O) groups excluding carboxylic acids is 3. The molecule has 1 aromatic carbocycles. The average Bonchev–Trinajstić information content (AvgIpc) is 2.64. The Morgan fingerprint density at radius 3 is 2.56 bits per heavy atom. The Morgan fingerprint density at radius 2 is 1.93 bits per heavy atom. The summed E-state index contributed by atoms with van der Waals surface area (Å²) in [6.07, 6.45) is 0.323. The largest absolute Gasteiger partial charge is 0.340 e. The van der Waals surface area contributed by atoms with Crippen molar-refractivity contribution in [3.8, 4) is 0 Å². The fourth-order valence-electron chi connectivity index (χ4n) is 3.14. The lowest BCUT2D eigenvalue weighted by Gasteiger charge is -2.29. The van der Waals surface area contributed by atoms with Crippen LogP contribution in [0.1, 0.15) is 37.6 Å². The molecule has 0 unspecified atom stereocenters. The molecule has 1 aliphatic rings. The van der Waals surface area contributed by atoms with Crippen LogP contribution in [-0.2, 0) is 9.59 Å². The maximum Gasteiger partial charge on any atom is 0.253 e. The summed E-state index contributed by atoms with van der Waals surface area (Å²) in [5.41, 5.74) is 1.10. The predicted molar refractivity (Wildman–Crippen MR) is 106 cm³/mol. The lowest BCUT2D eigenvalue weighted by molar-refractivity contribution is -0.132. The molecule has 0 saturated carbocycles. The number of amides is 3. The number of hydrogen-bond donors (Lipinski definition) is 2. The molecular formula is C20H30N4O3. The van der Waals surface area contributed by atoms with Crippen molar-refractivity contribution in [1.82, 2.24) is 15.1 Å². The number of carbonyl (C=O) groups is 3. The first-order chi connectivity index (χ1) is 12.9. The van der Waals surface area contributed by atoms with E-state index in [1.165, 1.54) is 6.92 Å². The predicted octanol–water partition coefficient (Wildman–Crippen LogP) is 1.57. The molecular weight excluding hydrogens is 344 g/mol. The molecule has 7 heteroatoms. The maximum atomic E-state index is 13.0. The van der Waals surface area contributed by atoms with E-state index in [2.05, 4.69) is 10.6 Å². The van der Waals surface area contributed by atoms with E-state index in [0.717, 1.165) is 26.2 Å². The van der Waals surface area contributed by atoms with Gasteiger partial charge in [-0.3, -0.25) is 14.4 Å². The quantitative estimate of drug-likeness (QED) is 0.759. The number of nitrogens with one attached hydrogen (secondary N) is 2. The fourth-order valence-corrected chi connectivity index (χ4v) is 3.14. The van der Waals surface area contributed by atoms with Crippen LogP contribution in [0.15, 0.2) is 24.3 Å². The summed E-state index contributed by atoms with van der Waals surface area (Å²) < 4.78 is 0. The third-order valence-electron chi connectivity index (χ3n) is 4.37. The molecule has 3 amide bonds. The van der Waals surface area contributed by atoms with E-state index in [-0.39, 0.29) is 17.7 Å². The van der Waals surface area contributed by atoms with Gasteiger partial charge in [-0.2, -0.15) is 0 Å². The number of anilines is 1. The zero-order valence-corrected chi connectivity index (χ0v) is 16.5. The Kier molecular flexibility index (Phi) is 7.79. The van der Waals surface area contributed by atoms with E-state index < -0.39 is 0 Å². The van der Waals surface area contributed by atoms with Crippen LogP contribution in [0.2, 0.25) is 0 Å². The molecule has 1 heterocycles. The first kappa shape index (κ1) is 20.9. The van der Waals surface area contributed by atoms with Crippen molar-refractivity contribution in [2.45, 2.75) is 27.2 Å². The molecule has 0 aromatic heterocycles. The maximum absolute atomic E-state index is 13.0. The first-order valence-corrected chi connectivity index (χ1v) is 9.52. The van der Waals surface area contributed by atoms with Crippen LogP contribution < -0.4 is 10.6 Å². The minimum Gasteiger partial charge on any atom is -0.340 e. The molecule has 27 heavy (non-hydrogen) atoms. The standard InChI is InChI=1S/C20H30N4O3/c1-15(2)14-24(10-7-19(26)23-11-8-21-9-12-23)20(27)17-5-4-6-18(13-17)22-16(3)25/h4-6,13,15,21H,7-12,14H2,1-3H3,(H,22,25). The highest BCUT2D eigenvalue weighted by atomic mass is 16.2. The van der Waals surface area contributed by atoms with Crippen LogP contribution in [0, 0.1) is 5.92 Å². The SMILES string of the molecule is CC(=O)Nc1cccc(C(=O)N(CCC(=O)N2CCNCC2)CC(C)C)c1. The summed E-state index contributed by atoms with van der Waals surface area (Å²) in [6, 6.07) is 6.91. The van der Waals surface area contributed by atoms with Crippen LogP contribution in [0.4, 0.5) is 5.69 Å². The third kappa shape index (κ3) is 6.67. The van der Waals surface area contributed by atoms with Gasteiger partial charge in [0.1, 0.15) is 0 Å². The topological polar surface area (TPSA) is 81.8 Å². The molecule has 148 valence electrons. The molecule has 2 rings (SSSR count). The third-order valence-corrected chi connectivity index (χ3v) is 4.37. The van der Waals surface area contributed by atoms with Crippen molar-refractivity contribution >= 4 is 23.4 Å². The van der Waals surface area contributed by atoms with Crippen molar-refractivity contribution in [3.05, 3.63) is 29.8 Å². The van der Waals surface area contributed by atoms with Crippen LogP contribution >= 0.6 is 0 Å². The number of rotatable bonds is 7. The molecule has 1 fully saturated rings. The van der Waals surface area contributed by atoms with E-state index >= 15 is 0 Å². The average molecular weight is 374 g/mol. The van der Waals surface area contributed by atoms with Gasteiger partial charge in [-0.1, -0.05) is 19.9 Å². The highest BCUT2D eigenvalue weighted by Gasteiger charge is 2.21. The highest BCUT2D eigenvalue weighted by Crippen LogP contribution is 2.14. The molecule has 0 aliphatic carbocycles. The number of nitrogens with zero attached hydrogens (tertiary/aromatic N) is 2. The van der Waals surface area contributed by atoms with Gasteiger partial charge in [-0.05, 0) is 24.1 Å². The molecule has 0 atom stereocenters. The molecule has 1 aromatic rings. The summed E-state index contributed by atoms with van der Waals surface area (Å²) in [5, 5.41) is 5.93. The molecule has 2 N–H and O–H groups in total. The molecule has 1 aliphatic heterocycles. The van der Waals surface area contributed by atoms with Gasteiger partial charge in [0.05, 0.1) is 0 Å². The zero-order valence-electron chi connectivity index (χ0n) is 16.5. The molecule has 0 spiro atoms. The van der Waals surface area contributed by atoms with E-state index in [0.29, 0.717) is 36.7 Å². The summed E-state index contributed by atoms with van der Waals surface area (Å²) in [4.78, 5) is 40.3. The van der Waals surface area contributed by atoms with Crippen LogP contribution in [0.5, 0.6) is 0 Å². The van der Waals surface area contributed by atoms with Gasteiger partial charge in [0.25, 0.3) is 5.91 Å². The number of piperazine rings is 1. The van der Waals surface area contributed by atoms with Crippen LogP contribution in [0.25, 0.3) is 0 Å². The van der Waals surface area contributed by atoms with Crippen molar-refractivity contribution in [1.29, 1.82) is 0 Å². The number of hydrogen-bond acceptors (Lipinski definition) is 4. The first-order valence-electron chi connectivity index (χ1n) is 9.52. The Morgan fingerprint density at radius 1 is 1.22 bits per heavy atom. The smallest absolute Gasteiger partial charge is 0.253 e. The second kappa shape index (κ2) is 10.1. The van der Waals surface area contributed by atoms with E-state index in [9.17, 15) is 14.4 Å². The summed E-state index contributed by atoms with van der Waals surface area (Å²) in [6.45, 7) is 9.57. The minimum atomic E-state index is -0.180. The van der Waals surface area contributed by atoms with E-state index in [1.54, 1.807) is 29.2 Å². The second-order valence-corrected chi connectivity index (χ2v) is 7.29. The molecule has 0 radical (unpaired) electrons. The van der Waals surface area contributed by atoms with E-state index in [4.69, 9.17) is 0 Å². The van der Waals surface area contributed by atoms with E-state index in [1.807, 2.05) is 18.7 Å². The summed E-state index contributed by atoms with van der Waals surface area (Å²) >= 11 is 0. The van der Waals surface area contributed by atoms with Gasteiger partial charge in [-0.25, -0.2) is 0 Å². The highest BCUT2D eigenvalue weighted by molar-refractivity contribution is 5.97. The molecule has 1 saturated heterocycles. The van der Waals surface area contributed by atoms with Crippen molar-refractivity contribution in [2.24, 2.45) is 5.92 Å². The Hall–Kier alpha value is -2.41. The van der Waals surface area contributed by atoms with Gasteiger partial charge in [0.15, 0.2) is 0 Å². The summed E-state index contributed by atoms with van der Waals surface area (Å²) in [7, 11) is 0. The Balaban J connectivity index is 2.04. The lowest BCUT2D eigenvalue weighted by atomic mass is 10.1. The van der Waals surface area contributed by atoms with Crippen molar-refractivity contribution in [2.75, 3.05) is 44.6 Å². The Bertz CT molecular complexity index is 669. The second-order valence-electron chi connectivity index (χ2n) is 7.29.